The second kappa shape index (κ2) is 3.95. The summed E-state index contributed by atoms with van der Waals surface area (Å²) in [6.45, 7) is 1.72. The van der Waals surface area contributed by atoms with Crippen LogP contribution in [0.15, 0.2) is 12.1 Å². The van der Waals surface area contributed by atoms with Gasteiger partial charge in [0.1, 0.15) is 11.5 Å². The summed E-state index contributed by atoms with van der Waals surface area (Å²) in [4.78, 5) is 11.3. The Morgan fingerprint density at radius 1 is 1.46 bits per heavy atom. The number of Topliss-reactive ketones (excluding diaryl/α,β-unsaturated/α-hetero) is 1. The van der Waals surface area contributed by atoms with Crippen LogP contribution in [0.25, 0.3) is 0 Å². The van der Waals surface area contributed by atoms with Gasteiger partial charge >= 0.3 is 0 Å². The summed E-state index contributed by atoms with van der Waals surface area (Å²) in [5, 5.41) is 18.7. The molecule has 0 spiro atoms. The first-order chi connectivity index (χ1) is 6.07. The molecule has 0 unspecified atom stereocenters. The van der Waals surface area contributed by atoms with E-state index in [-0.39, 0.29) is 22.8 Å². The van der Waals surface area contributed by atoms with E-state index in [9.17, 15) is 15.0 Å². The Labute approximate surface area is 89.5 Å². The number of ketones is 1. The van der Waals surface area contributed by atoms with E-state index in [0.717, 1.165) is 0 Å². The van der Waals surface area contributed by atoms with Crippen molar-refractivity contribution >= 4 is 28.4 Å². The van der Waals surface area contributed by atoms with E-state index in [2.05, 4.69) is 0 Å². The first-order valence-electron chi connectivity index (χ1n) is 3.81. The number of benzene rings is 1. The predicted octanol–water partition coefficient (Wildman–Crippen LogP) is 2.30. The fraction of sp³-hybridized carbons (Fsp3) is 0.222. The third-order valence-corrected chi connectivity index (χ3v) is 2.78. The summed E-state index contributed by atoms with van der Waals surface area (Å²) in [6, 6.07) is 2.84. The molecule has 0 heterocycles. The standard InChI is InChI=1S/C9H9IO3/c1-2-6(11)5-3-4-7(12)8(10)9(5)13/h3-4,12-13H,2H2,1H3. The molecule has 0 fully saturated rings. The smallest absolute Gasteiger partial charge is 0.166 e. The molecule has 1 rings (SSSR count). The molecule has 0 atom stereocenters. The Kier molecular flexibility index (Phi) is 3.13. The van der Waals surface area contributed by atoms with Gasteiger partial charge in [0, 0.05) is 6.42 Å². The van der Waals surface area contributed by atoms with Crippen LogP contribution >= 0.6 is 22.6 Å². The summed E-state index contributed by atoms with van der Waals surface area (Å²) >= 11 is 1.79. The van der Waals surface area contributed by atoms with Crippen LogP contribution in [0.1, 0.15) is 23.7 Å². The van der Waals surface area contributed by atoms with Crippen LogP contribution in [0.5, 0.6) is 11.5 Å². The minimum atomic E-state index is -0.132. The van der Waals surface area contributed by atoms with Crippen molar-refractivity contribution < 1.29 is 15.0 Å². The van der Waals surface area contributed by atoms with E-state index in [1.807, 2.05) is 0 Å². The van der Waals surface area contributed by atoms with E-state index in [0.29, 0.717) is 9.99 Å². The normalized spacial score (nSPS) is 10.0. The molecule has 1 aromatic carbocycles. The van der Waals surface area contributed by atoms with Gasteiger partial charge in [-0.05, 0) is 34.7 Å². The lowest BCUT2D eigenvalue weighted by molar-refractivity contribution is 0.0985. The second-order valence-electron chi connectivity index (χ2n) is 2.57. The van der Waals surface area contributed by atoms with E-state index < -0.39 is 0 Å². The average molecular weight is 292 g/mol. The van der Waals surface area contributed by atoms with Gasteiger partial charge in [0.15, 0.2) is 5.78 Å². The Balaban J connectivity index is 3.26. The Bertz CT molecular complexity index is 347. The van der Waals surface area contributed by atoms with Crippen LogP contribution in [0.2, 0.25) is 0 Å². The first-order valence-corrected chi connectivity index (χ1v) is 4.89. The number of phenols is 2. The maximum absolute atomic E-state index is 11.3. The number of hydrogen-bond acceptors (Lipinski definition) is 3. The Hall–Kier alpha value is -0.780. The molecule has 0 saturated heterocycles. The van der Waals surface area contributed by atoms with Crippen LogP contribution in [0.3, 0.4) is 0 Å². The van der Waals surface area contributed by atoms with Crippen molar-refractivity contribution in [3.63, 3.8) is 0 Å². The quantitative estimate of drug-likeness (QED) is 0.649. The molecule has 0 saturated carbocycles. The highest BCUT2D eigenvalue weighted by atomic mass is 127. The van der Waals surface area contributed by atoms with Crippen molar-refractivity contribution in [3.05, 3.63) is 21.3 Å². The van der Waals surface area contributed by atoms with Gasteiger partial charge in [-0.25, -0.2) is 0 Å². The molecule has 2 N–H and O–H groups in total. The number of phenolic OH excluding ortho intramolecular Hbond substituents is 2. The van der Waals surface area contributed by atoms with Crippen molar-refractivity contribution in [2.45, 2.75) is 13.3 Å². The zero-order valence-corrected chi connectivity index (χ0v) is 9.20. The lowest BCUT2D eigenvalue weighted by Gasteiger charge is -2.05. The lowest BCUT2D eigenvalue weighted by atomic mass is 10.1. The van der Waals surface area contributed by atoms with Gasteiger partial charge in [-0.2, -0.15) is 0 Å². The molecule has 0 radical (unpaired) electrons. The van der Waals surface area contributed by atoms with E-state index in [1.165, 1.54) is 12.1 Å². The predicted molar refractivity (Wildman–Crippen MR) is 57.1 cm³/mol. The van der Waals surface area contributed by atoms with Gasteiger partial charge in [-0.1, -0.05) is 6.92 Å². The van der Waals surface area contributed by atoms with Crippen LogP contribution < -0.4 is 0 Å². The second-order valence-corrected chi connectivity index (χ2v) is 3.65. The minimum Gasteiger partial charge on any atom is -0.507 e. The van der Waals surface area contributed by atoms with Crippen molar-refractivity contribution in [2.75, 3.05) is 0 Å². The van der Waals surface area contributed by atoms with Gasteiger partial charge in [-0.15, -0.1) is 0 Å². The molecule has 70 valence electrons. The SMILES string of the molecule is CCC(=O)c1ccc(O)c(I)c1O. The fourth-order valence-electron chi connectivity index (χ4n) is 0.969. The highest BCUT2D eigenvalue weighted by Crippen LogP contribution is 2.32. The van der Waals surface area contributed by atoms with Crippen LogP contribution in [-0.2, 0) is 0 Å². The van der Waals surface area contributed by atoms with E-state index in [4.69, 9.17) is 0 Å². The van der Waals surface area contributed by atoms with Crippen molar-refractivity contribution in [1.29, 1.82) is 0 Å². The van der Waals surface area contributed by atoms with Crippen molar-refractivity contribution in [1.82, 2.24) is 0 Å². The van der Waals surface area contributed by atoms with Gasteiger partial charge in [0.25, 0.3) is 0 Å². The maximum atomic E-state index is 11.3. The van der Waals surface area contributed by atoms with Gasteiger partial charge in [0.2, 0.25) is 0 Å². The number of carbonyl (C=O) groups excluding carboxylic acids is 1. The highest BCUT2D eigenvalue weighted by Gasteiger charge is 2.13. The Morgan fingerprint density at radius 3 is 2.62 bits per heavy atom. The molecular formula is C9H9IO3. The molecule has 0 aliphatic carbocycles. The molecule has 0 aromatic heterocycles. The summed E-state index contributed by atoms with van der Waals surface area (Å²) < 4.78 is 0.317. The third kappa shape index (κ3) is 1.93. The average Bonchev–Trinajstić information content (AvgIpc) is 2.13. The maximum Gasteiger partial charge on any atom is 0.166 e. The molecule has 13 heavy (non-hydrogen) atoms. The molecule has 3 nitrogen and oxygen atoms in total. The van der Waals surface area contributed by atoms with Crippen molar-refractivity contribution in [3.8, 4) is 11.5 Å². The lowest BCUT2D eigenvalue weighted by Crippen LogP contribution is -1.97. The number of carbonyl (C=O) groups is 1. The van der Waals surface area contributed by atoms with Crippen LogP contribution in [0, 0.1) is 3.57 Å². The van der Waals surface area contributed by atoms with Crippen LogP contribution in [-0.4, -0.2) is 16.0 Å². The summed E-state index contributed by atoms with van der Waals surface area (Å²) in [5.74, 6) is -0.270. The fourth-order valence-corrected chi connectivity index (χ4v) is 1.44. The van der Waals surface area contributed by atoms with Gasteiger partial charge in [0.05, 0.1) is 9.13 Å². The minimum absolute atomic E-state index is 0.00856. The number of aromatic hydroxyl groups is 2. The third-order valence-electron chi connectivity index (χ3n) is 1.72. The summed E-state index contributed by atoms with van der Waals surface area (Å²) in [5.41, 5.74) is 0.268. The molecular weight excluding hydrogens is 283 g/mol. The zero-order chi connectivity index (χ0) is 10.0. The zero-order valence-electron chi connectivity index (χ0n) is 7.04. The summed E-state index contributed by atoms with van der Waals surface area (Å²) in [6.07, 6.45) is 0.342. The molecule has 0 aliphatic rings. The first kappa shape index (κ1) is 10.3. The largest absolute Gasteiger partial charge is 0.507 e. The topological polar surface area (TPSA) is 57.5 Å². The van der Waals surface area contributed by atoms with Crippen LogP contribution in [0.4, 0.5) is 0 Å². The Morgan fingerprint density at radius 2 is 2.08 bits per heavy atom. The molecule has 1 aromatic rings. The number of halogens is 1. The molecule has 0 aliphatic heterocycles. The monoisotopic (exact) mass is 292 g/mol. The highest BCUT2D eigenvalue weighted by molar-refractivity contribution is 14.1. The molecule has 0 amide bonds. The molecule has 0 bridgehead atoms. The van der Waals surface area contributed by atoms with Gasteiger partial charge in [-0.3, -0.25) is 4.79 Å². The van der Waals surface area contributed by atoms with E-state index in [1.54, 1.807) is 29.5 Å². The van der Waals surface area contributed by atoms with Crippen molar-refractivity contribution in [2.24, 2.45) is 0 Å². The summed E-state index contributed by atoms with van der Waals surface area (Å²) in [7, 11) is 0. The number of rotatable bonds is 2. The number of hydrogen-bond donors (Lipinski definition) is 2. The van der Waals surface area contributed by atoms with E-state index >= 15 is 0 Å². The molecule has 4 heteroatoms. The van der Waals surface area contributed by atoms with Gasteiger partial charge < -0.3 is 10.2 Å².